The van der Waals surface area contributed by atoms with E-state index in [2.05, 4.69) is 45.1 Å². The second-order valence-electron chi connectivity index (χ2n) is 20.0. The van der Waals surface area contributed by atoms with E-state index in [0.717, 1.165) is 78.9 Å². The third-order valence-electron chi connectivity index (χ3n) is 11.2. The Kier molecular flexibility index (Phi) is 18.0. The number of carbonyl (C=O) groups is 4. The van der Waals surface area contributed by atoms with Crippen molar-refractivity contribution in [3.63, 3.8) is 0 Å². The van der Waals surface area contributed by atoms with Crippen molar-refractivity contribution < 1.29 is 28.7 Å². The fourth-order valence-electron chi connectivity index (χ4n) is 7.85. The molecule has 0 bridgehead atoms. The zero-order chi connectivity index (χ0) is 51.7. The summed E-state index contributed by atoms with van der Waals surface area (Å²) in [6.45, 7) is 22.5. The maximum atomic E-state index is 13.3. The van der Waals surface area contributed by atoms with Gasteiger partial charge >= 0.3 is 12.2 Å². The summed E-state index contributed by atoms with van der Waals surface area (Å²) in [5, 5.41) is 20.3. The SMILES string of the molecule is CC(C)N(CCC(=O)Nc1sc2c(c1-c1nc(-c3ccccn3)cs1)CCN(C(=O)OC(C)(C)C)C2)C(=O)OC(C)(C)C.CC(C)NCCC(=O)Nc1sc2c(c1-c1nc(-c3ccccn3)cs1)CCNC2. The number of thiazole rings is 2. The Labute approximate surface area is 438 Å². The number of pyridine rings is 2. The summed E-state index contributed by atoms with van der Waals surface area (Å²) in [7, 11) is 0. The van der Waals surface area contributed by atoms with Crippen molar-refractivity contribution in [2.75, 3.05) is 36.8 Å². The first-order valence-corrected chi connectivity index (χ1v) is 27.7. The van der Waals surface area contributed by atoms with Crippen LogP contribution in [-0.2, 0) is 45.0 Å². The van der Waals surface area contributed by atoms with E-state index >= 15 is 0 Å². The van der Waals surface area contributed by atoms with Gasteiger partial charge in [-0.15, -0.1) is 45.3 Å². The predicted octanol–water partition coefficient (Wildman–Crippen LogP) is 11.1. The summed E-state index contributed by atoms with van der Waals surface area (Å²) >= 11 is 6.22. The summed E-state index contributed by atoms with van der Waals surface area (Å²) in [6.07, 6.45) is 4.81. The van der Waals surface area contributed by atoms with E-state index in [-0.39, 0.29) is 36.9 Å². The Morgan fingerprint density at radius 3 is 1.82 bits per heavy atom. The molecule has 0 atom stereocenters. The summed E-state index contributed by atoms with van der Waals surface area (Å²) < 4.78 is 11.2. The highest BCUT2D eigenvalue weighted by Gasteiger charge is 2.32. The Balaban J connectivity index is 0.000000227. The molecule has 4 amide bonds. The molecule has 16 nitrogen and oxygen atoms in total. The van der Waals surface area contributed by atoms with Gasteiger partial charge in [0.1, 0.15) is 42.6 Å². The first-order chi connectivity index (χ1) is 34.2. The van der Waals surface area contributed by atoms with E-state index < -0.39 is 17.3 Å². The molecule has 0 spiro atoms. The van der Waals surface area contributed by atoms with Crippen LogP contribution in [0.1, 0.15) is 103 Å². The van der Waals surface area contributed by atoms with Crippen LogP contribution in [0.25, 0.3) is 43.9 Å². The van der Waals surface area contributed by atoms with E-state index in [4.69, 9.17) is 19.4 Å². The lowest BCUT2D eigenvalue weighted by molar-refractivity contribution is -0.117. The molecule has 0 fully saturated rings. The molecule has 4 N–H and O–H groups in total. The van der Waals surface area contributed by atoms with Gasteiger partial charge in [-0.3, -0.25) is 19.6 Å². The topological polar surface area (TPSA) is 193 Å². The number of thiophene rings is 2. The largest absolute Gasteiger partial charge is 0.444 e. The van der Waals surface area contributed by atoms with Gasteiger partial charge in [0.2, 0.25) is 11.8 Å². The molecule has 2 aliphatic heterocycles. The van der Waals surface area contributed by atoms with Gasteiger partial charge in [0, 0.05) is 95.1 Å². The average Bonchev–Trinajstić information content (AvgIpc) is 4.13. The van der Waals surface area contributed by atoms with Crippen molar-refractivity contribution in [3.8, 4) is 43.9 Å². The number of nitrogens with one attached hydrogen (secondary N) is 4. The van der Waals surface area contributed by atoms with E-state index in [1.165, 1.54) is 33.1 Å². The molecular formula is C52H66N10O6S4. The van der Waals surface area contributed by atoms with Gasteiger partial charge in [0.15, 0.2) is 0 Å². The molecule has 0 saturated heterocycles. The number of ether oxygens (including phenoxy) is 2. The van der Waals surface area contributed by atoms with E-state index in [0.29, 0.717) is 43.5 Å². The van der Waals surface area contributed by atoms with Crippen molar-refractivity contribution in [2.24, 2.45) is 0 Å². The zero-order valence-corrected chi connectivity index (χ0v) is 46.0. The molecule has 8 rings (SSSR count). The molecule has 0 saturated carbocycles. The number of rotatable bonds is 14. The summed E-state index contributed by atoms with van der Waals surface area (Å²) in [5.74, 6) is -0.188. The summed E-state index contributed by atoms with van der Waals surface area (Å²) in [4.78, 5) is 75.6. The van der Waals surface area contributed by atoms with Gasteiger partial charge in [-0.25, -0.2) is 19.6 Å². The molecule has 0 aromatic carbocycles. The van der Waals surface area contributed by atoms with Crippen LogP contribution in [0.3, 0.4) is 0 Å². The highest BCUT2D eigenvalue weighted by atomic mass is 32.1. The minimum absolute atomic E-state index is 0.0347. The normalized spacial score (nSPS) is 13.5. The summed E-state index contributed by atoms with van der Waals surface area (Å²) in [6, 6.07) is 11.8. The number of anilines is 2. The van der Waals surface area contributed by atoms with Crippen LogP contribution in [0.2, 0.25) is 0 Å². The van der Waals surface area contributed by atoms with E-state index in [1.807, 2.05) is 103 Å². The lowest BCUT2D eigenvalue weighted by atomic mass is 10.0. The quantitative estimate of drug-likeness (QED) is 0.0808. The second kappa shape index (κ2) is 23.9. The molecular weight excluding hydrogens is 989 g/mol. The first-order valence-electron chi connectivity index (χ1n) is 24.3. The molecule has 2 aliphatic rings. The van der Waals surface area contributed by atoms with Crippen LogP contribution < -0.4 is 21.3 Å². The Hall–Kier alpha value is -5.64. The van der Waals surface area contributed by atoms with E-state index in [1.54, 1.807) is 44.9 Å². The standard InChI is InChI=1S/C31H41N5O5S2.C21H25N5OS2/c1-19(2)36(29(39)41-31(6,7)8)16-13-24(37)34-27-25(26-33-22(18-42-26)21-11-9-10-14-32-21)20-12-15-35(17-23(20)43-27)28(38)40-30(3,4)5;1-13(2)23-10-7-18(27)26-21-19(14-6-9-22-11-17(14)29-21)20-25-16(12-28-20)15-5-3-4-8-24-15/h9-11,14,18-19H,12-13,15-17H2,1-8H3,(H,34,37);3-5,8,12-13,22-23H,6-7,9-11H2,1-2H3,(H,26,27). The smallest absolute Gasteiger partial charge is 0.410 e. The number of nitrogens with zero attached hydrogens (tertiary/aromatic N) is 6. The molecule has 8 heterocycles. The Bertz CT molecular complexity index is 2810. The van der Waals surface area contributed by atoms with Crippen LogP contribution in [0, 0.1) is 0 Å². The van der Waals surface area contributed by atoms with Gasteiger partial charge in [0.05, 0.1) is 17.9 Å². The van der Waals surface area contributed by atoms with Gasteiger partial charge in [-0.05, 0) is 110 Å². The maximum absolute atomic E-state index is 13.3. The predicted molar refractivity (Wildman–Crippen MR) is 291 cm³/mol. The molecule has 0 radical (unpaired) electrons. The van der Waals surface area contributed by atoms with Crippen molar-refractivity contribution in [1.29, 1.82) is 0 Å². The van der Waals surface area contributed by atoms with Crippen LogP contribution >= 0.6 is 45.3 Å². The first kappa shape index (κ1) is 54.1. The molecule has 6 aromatic rings. The van der Waals surface area contributed by atoms with Crippen molar-refractivity contribution in [2.45, 2.75) is 131 Å². The molecule has 0 unspecified atom stereocenters. The molecule has 72 heavy (non-hydrogen) atoms. The minimum atomic E-state index is -0.632. The van der Waals surface area contributed by atoms with Crippen LogP contribution in [0.4, 0.5) is 19.6 Å². The highest BCUT2D eigenvalue weighted by molar-refractivity contribution is 7.19. The van der Waals surface area contributed by atoms with Gasteiger partial charge < -0.3 is 40.5 Å². The minimum Gasteiger partial charge on any atom is -0.444 e. The fourth-order valence-corrected chi connectivity index (χ4v) is 12.3. The molecule has 20 heteroatoms. The second-order valence-corrected chi connectivity index (χ2v) is 23.9. The average molecular weight is 1060 g/mol. The van der Waals surface area contributed by atoms with Gasteiger partial charge in [-0.1, -0.05) is 26.0 Å². The van der Waals surface area contributed by atoms with Crippen LogP contribution in [-0.4, -0.2) is 103 Å². The number of aromatic nitrogens is 4. The third-order valence-corrected chi connectivity index (χ3v) is 15.2. The van der Waals surface area contributed by atoms with Crippen molar-refractivity contribution in [1.82, 2.24) is 40.4 Å². The zero-order valence-electron chi connectivity index (χ0n) is 42.8. The van der Waals surface area contributed by atoms with Crippen LogP contribution in [0.15, 0.2) is 59.6 Å². The third kappa shape index (κ3) is 14.5. The van der Waals surface area contributed by atoms with E-state index in [9.17, 15) is 19.2 Å². The monoisotopic (exact) mass is 1050 g/mol. The van der Waals surface area contributed by atoms with Crippen molar-refractivity contribution >= 4 is 79.4 Å². The Morgan fingerprint density at radius 2 is 1.29 bits per heavy atom. The number of hydrogen-bond acceptors (Lipinski definition) is 16. The molecule has 6 aromatic heterocycles. The molecule has 384 valence electrons. The summed E-state index contributed by atoms with van der Waals surface area (Å²) in [5.41, 5.74) is 6.38. The fraction of sp³-hybridized carbons (Fsp3) is 0.462. The van der Waals surface area contributed by atoms with Gasteiger partial charge in [0.25, 0.3) is 0 Å². The number of carbonyl (C=O) groups excluding carboxylic acids is 4. The number of hydrogen-bond donors (Lipinski definition) is 4. The maximum Gasteiger partial charge on any atom is 0.410 e. The lowest BCUT2D eigenvalue weighted by Crippen LogP contribution is -2.42. The molecule has 0 aliphatic carbocycles. The highest BCUT2D eigenvalue weighted by Crippen LogP contribution is 2.46. The van der Waals surface area contributed by atoms with Crippen LogP contribution in [0.5, 0.6) is 0 Å². The van der Waals surface area contributed by atoms with Crippen molar-refractivity contribution in [3.05, 3.63) is 80.4 Å². The lowest BCUT2D eigenvalue weighted by Gasteiger charge is -2.30. The van der Waals surface area contributed by atoms with Gasteiger partial charge in [-0.2, -0.15) is 0 Å². The number of fused-ring (bicyclic) bond motifs is 2. The Morgan fingerprint density at radius 1 is 0.736 bits per heavy atom. The number of amides is 4.